The molecule has 0 aromatic heterocycles. The van der Waals surface area contributed by atoms with E-state index in [-0.39, 0.29) is 42.1 Å². The van der Waals surface area contributed by atoms with Crippen LogP contribution in [-0.4, -0.2) is 52.4 Å². The molecule has 0 spiro atoms. The van der Waals surface area contributed by atoms with Crippen LogP contribution in [0.1, 0.15) is 34.6 Å². The molecule has 0 unspecified atom stereocenters. The molecule has 27 heavy (non-hydrogen) atoms. The summed E-state index contributed by atoms with van der Waals surface area (Å²) in [4.78, 5) is 37.8. The molecule has 2 amide bonds. The Labute approximate surface area is 163 Å². The van der Waals surface area contributed by atoms with Gasteiger partial charge in [-0.2, -0.15) is 0 Å². The van der Waals surface area contributed by atoms with Gasteiger partial charge in [0.15, 0.2) is 6.61 Å². The van der Waals surface area contributed by atoms with Gasteiger partial charge in [0.2, 0.25) is 5.91 Å². The van der Waals surface area contributed by atoms with Crippen LogP contribution in [0.5, 0.6) is 0 Å². The molecule has 150 valence electrons. The summed E-state index contributed by atoms with van der Waals surface area (Å²) < 4.78 is 17.9. The number of esters is 1. The standard InChI is InChI=1S/C19H27FN2O4S/c1-12(2)22(13(3)4)18(24)10-26-19(25)14(5)27-11-17(23)21-16-8-6-15(20)7-9-16/h6-9,12-14H,10-11H2,1-5H3,(H,21,23)/t14-/m1/s1. The topological polar surface area (TPSA) is 75.7 Å². The number of hydrogen-bond donors (Lipinski definition) is 1. The second-order valence-corrected chi connectivity index (χ2v) is 7.93. The molecule has 0 bridgehead atoms. The van der Waals surface area contributed by atoms with E-state index in [4.69, 9.17) is 4.74 Å². The van der Waals surface area contributed by atoms with Crippen molar-refractivity contribution >= 4 is 35.2 Å². The van der Waals surface area contributed by atoms with Crippen LogP contribution >= 0.6 is 11.8 Å². The molecule has 0 heterocycles. The van der Waals surface area contributed by atoms with Crippen LogP contribution in [0.3, 0.4) is 0 Å². The normalized spacial score (nSPS) is 12.0. The van der Waals surface area contributed by atoms with E-state index in [1.165, 1.54) is 24.3 Å². The van der Waals surface area contributed by atoms with Gasteiger partial charge in [0.25, 0.3) is 5.91 Å². The first-order valence-electron chi connectivity index (χ1n) is 8.76. The van der Waals surface area contributed by atoms with Crippen LogP contribution in [0, 0.1) is 5.82 Å². The average molecular weight is 399 g/mol. The lowest BCUT2D eigenvalue weighted by atomic mass is 10.2. The third-order valence-electron chi connectivity index (χ3n) is 3.66. The highest BCUT2D eigenvalue weighted by Gasteiger charge is 2.23. The number of ether oxygens (including phenoxy) is 1. The molecule has 0 saturated carbocycles. The van der Waals surface area contributed by atoms with Crippen molar-refractivity contribution in [3.63, 3.8) is 0 Å². The third-order valence-corrected chi connectivity index (χ3v) is 4.78. The van der Waals surface area contributed by atoms with Gasteiger partial charge in [-0.3, -0.25) is 14.4 Å². The largest absolute Gasteiger partial charge is 0.455 e. The molecular formula is C19H27FN2O4S. The van der Waals surface area contributed by atoms with Gasteiger partial charge in [-0.1, -0.05) is 0 Å². The second-order valence-electron chi connectivity index (χ2n) is 6.60. The van der Waals surface area contributed by atoms with E-state index < -0.39 is 11.2 Å². The predicted octanol–water partition coefficient (Wildman–Crippen LogP) is 3.07. The van der Waals surface area contributed by atoms with Crippen LogP contribution in [0.2, 0.25) is 0 Å². The summed E-state index contributed by atoms with van der Waals surface area (Å²) in [5.74, 6) is -1.46. The number of carbonyl (C=O) groups excluding carboxylic acids is 3. The number of rotatable bonds is 9. The van der Waals surface area contributed by atoms with Gasteiger partial charge in [0, 0.05) is 17.8 Å². The van der Waals surface area contributed by atoms with Crippen molar-refractivity contribution in [2.75, 3.05) is 17.7 Å². The van der Waals surface area contributed by atoms with Crippen LogP contribution in [-0.2, 0) is 19.1 Å². The van der Waals surface area contributed by atoms with Crippen molar-refractivity contribution in [3.8, 4) is 0 Å². The van der Waals surface area contributed by atoms with Crippen molar-refractivity contribution in [2.45, 2.75) is 52.0 Å². The Kier molecular flexibility index (Phi) is 9.28. The zero-order valence-corrected chi connectivity index (χ0v) is 17.1. The van der Waals surface area contributed by atoms with Gasteiger partial charge in [-0.25, -0.2) is 4.39 Å². The van der Waals surface area contributed by atoms with Crippen molar-refractivity contribution in [3.05, 3.63) is 30.1 Å². The van der Waals surface area contributed by atoms with Crippen molar-refractivity contribution < 1.29 is 23.5 Å². The summed E-state index contributed by atoms with van der Waals surface area (Å²) >= 11 is 1.10. The van der Waals surface area contributed by atoms with E-state index in [1.807, 2.05) is 27.7 Å². The zero-order valence-electron chi connectivity index (χ0n) is 16.3. The van der Waals surface area contributed by atoms with Crippen LogP contribution in [0.25, 0.3) is 0 Å². The number of nitrogens with one attached hydrogen (secondary N) is 1. The molecule has 8 heteroatoms. The molecule has 0 saturated heterocycles. The monoisotopic (exact) mass is 398 g/mol. The highest BCUT2D eigenvalue weighted by atomic mass is 32.2. The number of thioether (sulfide) groups is 1. The van der Waals surface area contributed by atoms with E-state index in [0.29, 0.717) is 5.69 Å². The maximum atomic E-state index is 12.8. The lowest BCUT2D eigenvalue weighted by molar-refractivity contribution is -0.153. The molecule has 0 aliphatic carbocycles. The number of nitrogens with zero attached hydrogens (tertiary/aromatic N) is 1. The Morgan fingerprint density at radius 2 is 1.63 bits per heavy atom. The molecule has 0 aliphatic heterocycles. The number of halogens is 1. The maximum absolute atomic E-state index is 12.8. The van der Waals surface area contributed by atoms with E-state index in [0.717, 1.165) is 11.8 Å². The zero-order chi connectivity index (χ0) is 20.6. The summed E-state index contributed by atoms with van der Waals surface area (Å²) in [5, 5.41) is 2.02. The number of amides is 2. The molecular weight excluding hydrogens is 371 g/mol. The molecule has 6 nitrogen and oxygen atoms in total. The average Bonchev–Trinajstić information content (AvgIpc) is 2.58. The minimum atomic E-state index is -0.594. The third kappa shape index (κ3) is 7.99. The summed E-state index contributed by atoms with van der Waals surface area (Å²) in [5.41, 5.74) is 0.477. The van der Waals surface area contributed by atoms with Crippen LogP contribution < -0.4 is 5.32 Å². The first-order chi connectivity index (χ1) is 12.6. The minimum Gasteiger partial charge on any atom is -0.455 e. The first-order valence-corrected chi connectivity index (χ1v) is 9.81. The SMILES string of the molecule is CC(C)N(C(=O)COC(=O)[C@@H](C)SCC(=O)Nc1ccc(F)cc1)C(C)C. The summed E-state index contributed by atoms with van der Waals surface area (Å²) in [6.45, 7) is 8.90. The Balaban J connectivity index is 2.40. The van der Waals surface area contributed by atoms with Gasteiger partial charge in [-0.05, 0) is 58.9 Å². The molecule has 1 aromatic rings. The molecule has 0 aliphatic rings. The fraction of sp³-hybridized carbons (Fsp3) is 0.526. The van der Waals surface area contributed by atoms with Crippen LogP contribution in [0.15, 0.2) is 24.3 Å². The molecule has 1 aromatic carbocycles. The van der Waals surface area contributed by atoms with Gasteiger partial charge < -0.3 is 15.0 Å². The van der Waals surface area contributed by atoms with Gasteiger partial charge in [0.1, 0.15) is 11.1 Å². The summed E-state index contributed by atoms with van der Waals surface area (Å²) in [7, 11) is 0. The van der Waals surface area contributed by atoms with Crippen molar-refractivity contribution in [1.82, 2.24) is 4.90 Å². The molecule has 1 N–H and O–H groups in total. The highest BCUT2D eigenvalue weighted by Crippen LogP contribution is 2.14. The number of benzene rings is 1. The van der Waals surface area contributed by atoms with E-state index in [2.05, 4.69) is 5.32 Å². The summed E-state index contributed by atoms with van der Waals surface area (Å²) in [6.07, 6.45) is 0. The molecule has 0 fully saturated rings. The Bertz CT molecular complexity index is 642. The fourth-order valence-corrected chi connectivity index (χ4v) is 3.17. The second kappa shape index (κ2) is 10.9. The Morgan fingerprint density at radius 3 is 2.15 bits per heavy atom. The van der Waals surface area contributed by atoms with E-state index in [1.54, 1.807) is 11.8 Å². The number of anilines is 1. The van der Waals surface area contributed by atoms with E-state index >= 15 is 0 Å². The van der Waals surface area contributed by atoms with Crippen molar-refractivity contribution in [1.29, 1.82) is 0 Å². The fourth-order valence-electron chi connectivity index (χ4n) is 2.50. The van der Waals surface area contributed by atoms with E-state index in [9.17, 15) is 18.8 Å². The predicted molar refractivity (Wildman–Crippen MR) is 105 cm³/mol. The maximum Gasteiger partial charge on any atom is 0.319 e. The lowest BCUT2D eigenvalue weighted by Crippen LogP contribution is -2.44. The molecule has 1 rings (SSSR count). The Hall–Kier alpha value is -2.09. The number of hydrogen-bond acceptors (Lipinski definition) is 5. The minimum absolute atomic E-state index is 0.0122. The van der Waals surface area contributed by atoms with Gasteiger partial charge in [0.05, 0.1) is 5.75 Å². The smallest absolute Gasteiger partial charge is 0.319 e. The van der Waals surface area contributed by atoms with Gasteiger partial charge >= 0.3 is 5.97 Å². The molecule has 0 radical (unpaired) electrons. The van der Waals surface area contributed by atoms with Gasteiger partial charge in [-0.15, -0.1) is 11.8 Å². The first kappa shape index (κ1) is 23.0. The highest BCUT2D eigenvalue weighted by molar-refractivity contribution is 8.01. The summed E-state index contributed by atoms with van der Waals surface area (Å²) in [6, 6.07) is 5.43. The van der Waals surface area contributed by atoms with Crippen LogP contribution in [0.4, 0.5) is 10.1 Å². The van der Waals surface area contributed by atoms with Crippen molar-refractivity contribution in [2.24, 2.45) is 0 Å². The Morgan fingerprint density at radius 1 is 1.07 bits per heavy atom. The quantitative estimate of drug-likeness (QED) is 0.647. The number of carbonyl (C=O) groups is 3. The molecule has 1 atom stereocenters. The lowest BCUT2D eigenvalue weighted by Gasteiger charge is -2.30.